The molecule has 0 aromatic heterocycles. The van der Waals surface area contributed by atoms with Crippen LogP contribution in [0.3, 0.4) is 0 Å². The van der Waals surface area contributed by atoms with Crippen LogP contribution in [-0.2, 0) is 15.9 Å². The first-order valence-electron chi connectivity index (χ1n) is 13.5. The molecule has 6 aromatic rings. The molecule has 1 heterocycles. The molecule has 6 aromatic carbocycles. The Labute approximate surface area is 234 Å². The van der Waals surface area contributed by atoms with Gasteiger partial charge in [0.2, 0.25) is 0 Å². The summed E-state index contributed by atoms with van der Waals surface area (Å²) < 4.78 is 0. The molecule has 3 nitrogen and oxygen atoms in total. The summed E-state index contributed by atoms with van der Waals surface area (Å²) in [5, 5.41) is 2.02. The van der Waals surface area contributed by atoms with Gasteiger partial charge in [-0.3, -0.25) is 9.69 Å². The van der Waals surface area contributed by atoms with Crippen molar-refractivity contribution in [1.82, 2.24) is 0 Å². The lowest BCUT2D eigenvalue weighted by molar-refractivity contribution is -0.122. The minimum Gasteiger partial charge on any atom is -0.310 e. The Kier molecular flexibility index (Phi) is 5.62. The summed E-state index contributed by atoms with van der Waals surface area (Å²) in [6, 6.07) is 53.0. The van der Waals surface area contributed by atoms with Gasteiger partial charge in [-0.05, 0) is 39.1 Å². The van der Waals surface area contributed by atoms with E-state index in [1.165, 1.54) is 0 Å². The van der Waals surface area contributed by atoms with E-state index in [0.717, 1.165) is 44.3 Å². The highest BCUT2D eigenvalue weighted by Gasteiger charge is 2.57. The second kappa shape index (κ2) is 9.33. The van der Waals surface area contributed by atoms with Gasteiger partial charge in [0, 0.05) is 5.56 Å². The lowest BCUT2D eigenvalue weighted by Gasteiger charge is -2.44. The van der Waals surface area contributed by atoms with Gasteiger partial charge in [0.05, 0.1) is 5.69 Å². The lowest BCUT2D eigenvalue weighted by atomic mass is 9.75. The lowest BCUT2D eigenvalue weighted by Crippen LogP contribution is -2.56. The SMILES string of the molecule is NC1(c2cccc3ccccc23)C(=O)N(C(c2ccccc2)(c2ccccc2)c2ccccc2)c2ccccc21. The van der Waals surface area contributed by atoms with Gasteiger partial charge < -0.3 is 5.73 Å². The van der Waals surface area contributed by atoms with Crippen molar-refractivity contribution in [3.63, 3.8) is 0 Å². The largest absolute Gasteiger partial charge is 0.310 e. The van der Waals surface area contributed by atoms with Gasteiger partial charge in [-0.25, -0.2) is 0 Å². The summed E-state index contributed by atoms with van der Waals surface area (Å²) in [7, 11) is 0. The van der Waals surface area contributed by atoms with Crippen LogP contribution in [0.2, 0.25) is 0 Å². The number of para-hydroxylation sites is 1. The van der Waals surface area contributed by atoms with Crippen molar-refractivity contribution in [3.8, 4) is 0 Å². The molecule has 0 fully saturated rings. The van der Waals surface area contributed by atoms with E-state index in [1.54, 1.807) is 0 Å². The summed E-state index contributed by atoms with van der Waals surface area (Å²) in [6.07, 6.45) is 0. The van der Waals surface area contributed by atoms with Crippen LogP contribution >= 0.6 is 0 Å². The normalized spacial score (nSPS) is 16.7. The van der Waals surface area contributed by atoms with E-state index in [2.05, 4.69) is 54.6 Å². The second-order valence-corrected chi connectivity index (χ2v) is 10.3. The third-order valence-electron chi connectivity index (χ3n) is 8.23. The number of rotatable bonds is 5. The first kappa shape index (κ1) is 24.1. The second-order valence-electron chi connectivity index (χ2n) is 10.3. The molecule has 7 rings (SSSR count). The molecule has 0 saturated heterocycles. The van der Waals surface area contributed by atoms with Crippen molar-refractivity contribution in [2.45, 2.75) is 11.1 Å². The number of fused-ring (bicyclic) bond motifs is 2. The van der Waals surface area contributed by atoms with Crippen molar-refractivity contribution < 1.29 is 4.79 Å². The first-order chi connectivity index (χ1) is 19.7. The van der Waals surface area contributed by atoms with Crippen LogP contribution in [-0.4, -0.2) is 5.91 Å². The van der Waals surface area contributed by atoms with E-state index in [1.807, 2.05) is 108 Å². The minimum absolute atomic E-state index is 0.165. The number of anilines is 1. The molecular weight excluding hydrogens is 488 g/mol. The van der Waals surface area contributed by atoms with Gasteiger partial charge in [0.1, 0.15) is 11.1 Å². The third kappa shape index (κ3) is 3.32. The minimum atomic E-state index is -1.39. The number of hydrogen-bond acceptors (Lipinski definition) is 2. The Hall–Kier alpha value is -4.99. The summed E-state index contributed by atoms with van der Waals surface area (Å²) in [5.74, 6) is -0.165. The fourth-order valence-electron chi connectivity index (χ4n) is 6.49. The zero-order valence-corrected chi connectivity index (χ0v) is 21.9. The predicted molar refractivity (Wildman–Crippen MR) is 162 cm³/mol. The molecule has 0 aliphatic carbocycles. The maximum atomic E-state index is 15.3. The average Bonchev–Trinajstić information content (AvgIpc) is 3.26. The summed E-state index contributed by atoms with van der Waals surface area (Å²) >= 11 is 0. The zero-order valence-electron chi connectivity index (χ0n) is 21.9. The van der Waals surface area contributed by atoms with E-state index in [-0.39, 0.29) is 5.91 Å². The van der Waals surface area contributed by atoms with Crippen molar-refractivity contribution in [2.75, 3.05) is 4.90 Å². The molecule has 2 N–H and O–H groups in total. The number of carbonyl (C=O) groups is 1. The highest BCUT2D eigenvalue weighted by molar-refractivity contribution is 6.13. The van der Waals surface area contributed by atoms with Crippen LogP contribution in [0, 0.1) is 0 Å². The number of benzene rings is 6. The molecule has 3 heteroatoms. The number of carbonyl (C=O) groups excluding carboxylic acids is 1. The number of amides is 1. The molecule has 0 radical (unpaired) electrons. The molecule has 192 valence electrons. The molecule has 0 spiro atoms. The molecule has 1 amide bonds. The molecule has 1 atom stereocenters. The molecule has 1 aliphatic heterocycles. The van der Waals surface area contributed by atoms with Crippen molar-refractivity contribution in [1.29, 1.82) is 0 Å². The topological polar surface area (TPSA) is 46.3 Å². The van der Waals surface area contributed by atoms with E-state index in [9.17, 15) is 0 Å². The summed E-state index contributed by atoms with van der Waals surface area (Å²) in [6.45, 7) is 0. The quantitative estimate of drug-likeness (QED) is 0.243. The number of hydrogen-bond donors (Lipinski definition) is 1. The van der Waals surface area contributed by atoms with Crippen LogP contribution in [0.4, 0.5) is 5.69 Å². The van der Waals surface area contributed by atoms with Crippen LogP contribution in [0.15, 0.2) is 158 Å². The van der Waals surface area contributed by atoms with Gasteiger partial charge >= 0.3 is 0 Å². The van der Waals surface area contributed by atoms with E-state index in [0.29, 0.717) is 0 Å². The van der Waals surface area contributed by atoms with Gasteiger partial charge in [-0.1, -0.05) is 152 Å². The standard InChI is InChI=1S/C37H28N2O/c38-36(32-25-14-16-27-15-10-11-23-31(27)32)33-24-12-13-26-34(33)39(35(36)40)37(28-17-4-1-5-18-28,29-19-6-2-7-20-29)30-21-8-3-9-22-30/h1-26H,38H2. The number of nitrogens with two attached hydrogens (primary N) is 1. The fourth-order valence-corrected chi connectivity index (χ4v) is 6.49. The third-order valence-corrected chi connectivity index (χ3v) is 8.23. The highest BCUT2D eigenvalue weighted by Crippen LogP contribution is 2.53. The summed E-state index contributed by atoms with van der Waals surface area (Å²) in [4.78, 5) is 17.2. The van der Waals surface area contributed by atoms with Crippen molar-refractivity contribution in [3.05, 3.63) is 186 Å². The van der Waals surface area contributed by atoms with Crippen LogP contribution < -0.4 is 10.6 Å². The Bertz CT molecular complexity index is 1730. The molecule has 0 bridgehead atoms. The Morgan fingerprint density at radius 1 is 0.500 bits per heavy atom. The van der Waals surface area contributed by atoms with Gasteiger partial charge in [0.15, 0.2) is 0 Å². The van der Waals surface area contributed by atoms with E-state index < -0.39 is 11.1 Å². The van der Waals surface area contributed by atoms with Crippen LogP contribution in [0.5, 0.6) is 0 Å². The molecule has 0 saturated carbocycles. The average molecular weight is 517 g/mol. The maximum Gasteiger partial charge on any atom is 0.257 e. The Balaban J connectivity index is 1.60. The Morgan fingerprint density at radius 2 is 0.950 bits per heavy atom. The molecular formula is C37H28N2O. The van der Waals surface area contributed by atoms with Crippen LogP contribution in [0.25, 0.3) is 10.8 Å². The smallest absolute Gasteiger partial charge is 0.257 e. The first-order valence-corrected chi connectivity index (χ1v) is 13.5. The van der Waals surface area contributed by atoms with Crippen LogP contribution in [0.1, 0.15) is 27.8 Å². The molecule has 40 heavy (non-hydrogen) atoms. The molecule has 1 aliphatic rings. The van der Waals surface area contributed by atoms with Gasteiger partial charge in [-0.15, -0.1) is 0 Å². The number of nitrogens with zero attached hydrogens (tertiary/aromatic N) is 1. The maximum absolute atomic E-state index is 15.3. The van der Waals surface area contributed by atoms with E-state index >= 15 is 4.79 Å². The Morgan fingerprint density at radius 3 is 1.55 bits per heavy atom. The highest BCUT2D eigenvalue weighted by atomic mass is 16.2. The summed E-state index contributed by atoms with van der Waals surface area (Å²) in [5.41, 5.74) is 10.4. The monoisotopic (exact) mass is 516 g/mol. The zero-order chi connectivity index (χ0) is 27.2. The fraction of sp³-hybridized carbons (Fsp3) is 0.0541. The van der Waals surface area contributed by atoms with Gasteiger partial charge in [-0.2, -0.15) is 0 Å². The molecule has 1 unspecified atom stereocenters. The van der Waals surface area contributed by atoms with Gasteiger partial charge in [0.25, 0.3) is 5.91 Å². The van der Waals surface area contributed by atoms with E-state index in [4.69, 9.17) is 5.73 Å². The van der Waals surface area contributed by atoms with Crippen molar-refractivity contribution >= 4 is 22.4 Å². The van der Waals surface area contributed by atoms with Crippen molar-refractivity contribution in [2.24, 2.45) is 5.73 Å². The predicted octanol–water partition coefficient (Wildman–Crippen LogP) is 7.38.